The van der Waals surface area contributed by atoms with E-state index in [0.717, 1.165) is 54.8 Å². The van der Waals surface area contributed by atoms with E-state index in [1.54, 1.807) is 0 Å². The van der Waals surface area contributed by atoms with Gasteiger partial charge in [-0.05, 0) is 68.9 Å². The quantitative estimate of drug-likeness (QED) is 0.264. The Kier molecular flexibility index (Phi) is 4.13. The maximum atomic E-state index is 6.38. The first-order valence-electron chi connectivity index (χ1n) is 11.9. The lowest BCUT2D eigenvalue weighted by atomic mass is 9.78. The molecule has 0 spiro atoms. The summed E-state index contributed by atoms with van der Waals surface area (Å²) < 4.78 is 25.3. The van der Waals surface area contributed by atoms with Crippen LogP contribution in [0.25, 0.3) is 55.3 Å². The van der Waals surface area contributed by atoms with E-state index in [1.165, 1.54) is 0 Å². The number of hydrogen-bond donors (Lipinski definition) is 0. The van der Waals surface area contributed by atoms with Gasteiger partial charge in [0.1, 0.15) is 16.7 Å². The Bertz CT molecular complexity index is 1750. The van der Waals surface area contributed by atoms with Crippen molar-refractivity contribution in [3.8, 4) is 11.5 Å². The molecule has 1 fully saturated rings. The van der Waals surface area contributed by atoms with E-state index in [-0.39, 0.29) is 0 Å². The van der Waals surface area contributed by atoms with Crippen LogP contribution >= 0.6 is 0 Å². The number of aromatic nitrogens is 1. The number of furan rings is 1. The third-order valence-corrected chi connectivity index (χ3v) is 7.54. The molecule has 4 aromatic carbocycles. The molecule has 2 aromatic heterocycles. The molecule has 0 amide bonds. The first-order chi connectivity index (χ1) is 16.8. The number of benzene rings is 4. The van der Waals surface area contributed by atoms with E-state index in [1.807, 2.05) is 54.6 Å². The van der Waals surface area contributed by atoms with E-state index in [0.29, 0.717) is 5.89 Å². The molecule has 1 aliphatic heterocycles. The van der Waals surface area contributed by atoms with Gasteiger partial charge in [0, 0.05) is 21.7 Å². The molecule has 0 saturated carbocycles. The fourth-order valence-electron chi connectivity index (χ4n) is 4.91. The predicted octanol–water partition coefficient (Wildman–Crippen LogP) is 6.85. The van der Waals surface area contributed by atoms with Crippen molar-refractivity contribution in [3.63, 3.8) is 0 Å². The van der Waals surface area contributed by atoms with Crippen LogP contribution in [0.5, 0.6) is 0 Å². The van der Waals surface area contributed by atoms with Crippen LogP contribution in [0.4, 0.5) is 0 Å². The lowest BCUT2D eigenvalue weighted by Crippen LogP contribution is -2.41. The molecule has 0 unspecified atom stereocenters. The highest BCUT2D eigenvalue weighted by Crippen LogP contribution is 2.40. The maximum absolute atomic E-state index is 6.38. The fraction of sp³-hybridized carbons (Fsp3) is 0.207. The minimum atomic E-state index is -0.445. The van der Waals surface area contributed by atoms with Crippen LogP contribution in [0.15, 0.2) is 81.6 Å². The summed E-state index contributed by atoms with van der Waals surface area (Å²) in [5.41, 5.74) is 4.30. The van der Waals surface area contributed by atoms with Crippen molar-refractivity contribution in [2.75, 3.05) is 0 Å². The van der Waals surface area contributed by atoms with Crippen LogP contribution in [0.2, 0.25) is 0 Å². The van der Waals surface area contributed by atoms with Crippen molar-refractivity contribution in [2.45, 2.75) is 38.9 Å². The molecule has 0 atom stereocenters. The van der Waals surface area contributed by atoms with Gasteiger partial charge in [-0.3, -0.25) is 0 Å². The minimum Gasteiger partial charge on any atom is -0.456 e. The number of nitrogens with zero attached hydrogens (tertiary/aromatic N) is 1. The maximum Gasteiger partial charge on any atom is 0.494 e. The van der Waals surface area contributed by atoms with Gasteiger partial charge in [0.15, 0.2) is 5.58 Å². The zero-order valence-corrected chi connectivity index (χ0v) is 20.1. The van der Waals surface area contributed by atoms with E-state index in [2.05, 4.69) is 45.9 Å². The Morgan fingerprint density at radius 1 is 0.714 bits per heavy atom. The van der Waals surface area contributed by atoms with Crippen LogP contribution < -0.4 is 5.46 Å². The zero-order valence-electron chi connectivity index (χ0n) is 20.1. The van der Waals surface area contributed by atoms with E-state index < -0.39 is 18.3 Å². The molecule has 1 aliphatic rings. The van der Waals surface area contributed by atoms with Gasteiger partial charge in [0.2, 0.25) is 5.89 Å². The average molecular weight is 461 g/mol. The summed E-state index contributed by atoms with van der Waals surface area (Å²) in [4.78, 5) is 4.78. The Labute approximate surface area is 202 Å². The summed E-state index contributed by atoms with van der Waals surface area (Å²) in [5.74, 6) is 0.607. The van der Waals surface area contributed by atoms with E-state index in [4.69, 9.17) is 23.1 Å². The average Bonchev–Trinajstić information content (AvgIpc) is 3.50. The Morgan fingerprint density at radius 3 is 2.20 bits per heavy atom. The molecule has 3 heterocycles. The molecule has 1 saturated heterocycles. The largest absolute Gasteiger partial charge is 0.494 e. The van der Waals surface area contributed by atoms with E-state index in [9.17, 15) is 0 Å². The number of rotatable bonds is 2. The summed E-state index contributed by atoms with van der Waals surface area (Å²) in [6.07, 6.45) is 0. The summed E-state index contributed by atoms with van der Waals surface area (Å²) in [6, 6.07) is 24.3. The standard InChI is InChI=1S/C29H24BNO4/c1-28(2)29(3,4)35-30(34-28)19-12-15-22-20(16-19)25-23(32-22)14-11-17-10-13-21-26(24(17)25)33-27(31-21)18-8-6-5-7-9-18/h5-16H,1-4H3. The second kappa shape index (κ2) is 6.97. The molecule has 0 N–H and O–H groups in total. The van der Waals surface area contributed by atoms with Gasteiger partial charge in [-0.25, -0.2) is 4.98 Å². The molecule has 35 heavy (non-hydrogen) atoms. The van der Waals surface area contributed by atoms with Crippen LogP contribution in [-0.2, 0) is 9.31 Å². The van der Waals surface area contributed by atoms with Gasteiger partial charge in [-0.15, -0.1) is 0 Å². The molecule has 0 aliphatic carbocycles. The Hall–Kier alpha value is -3.61. The summed E-state index contributed by atoms with van der Waals surface area (Å²) in [7, 11) is -0.445. The van der Waals surface area contributed by atoms with Crippen molar-refractivity contribution < 1.29 is 18.1 Å². The van der Waals surface area contributed by atoms with Gasteiger partial charge >= 0.3 is 7.12 Å². The van der Waals surface area contributed by atoms with Gasteiger partial charge in [-0.1, -0.05) is 42.5 Å². The smallest absolute Gasteiger partial charge is 0.456 e. The van der Waals surface area contributed by atoms with Crippen molar-refractivity contribution in [1.82, 2.24) is 4.98 Å². The SMILES string of the molecule is CC1(C)OB(c2ccc3oc4ccc5ccc6nc(-c7ccccc7)oc6c5c4c3c2)OC1(C)C. The highest BCUT2D eigenvalue weighted by atomic mass is 16.7. The Morgan fingerprint density at radius 2 is 1.43 bits per heavy atom. The van der Waals surface area contributed by atoms with Crippen molar-refractivity contribution in [2.24, 2.45) is 0 Å². The molecule has 0 radical (unpaired) electrons. The Balaban J connectivity index is 1.48. The second-order valence-corrected chi connectivity index (χ2v) is 10.3. The molecule has 6 aromatic rings. The number of oxazole rings is 1. The molecule has 5 nitrogen and oxygen atoms in total. The van der Waals surface area contributed by atoms with Crippen LogP contribution in [-0.4, -0.2) is 23.3 Å². The van der Waals surface area contributed by atoms with Gasteiger partial charge < -0.3 is 18.1 Å². The lowest BCUT2D eigenvalue weighted by molar-refractivity contribution is 0.00578. The fourth-order valence-corrected chi connectivity index (χ4v) is 4.91. The molecule has 6 heteroatoms. The third-order valence-electron chi connectivity index (χ3n) is 7.54. The molecule has 172 valence electrons. The van der Waals surface area contributed by atoms with Crippen molar-refractivity contribution in [1.29, 1.82) is 0 Å². The highest BCUT2D eigenvalue weighted by molar-refractivity contribution is 6.62. The van der Waals surface area contributed by atoms with Crippen molar-refractivity contribution in [3.05, 3.63) is 72.8 Å². The monoisotopic (exact) mass is 461 g/mol. The van der Waals surface area contributed by atoms with Crippen LogP contribution in [0, 0.1) is 0 Å². The summed E-state index contributed by atoms with van der Waals surface area (Å²) in [6.45, 7) is 8.27. The first-order valence-corrected chi connectivity index (χ1v) is 11.9. The topological polar surface area (TPSA) is 57.6 Å². The van der Waals surface area contributed by atoms with Crippen LogP contribution in [0.1, 0.15) is 27.7 Å². The van der Waals surface area contributed by atoms with Gasteiger partial charge in [-0.2, -0.15) is 0 Å². The summed E-state index contributed by atoms with van der Waals surface area (Å²) in [5, 5.41) is 4.09. The molecule has 0 bridgehead atoms. The van der Waals surface area contributed by atoms with E-state index >= 15 is 0 Å². The highest BCUT2D eigenvalue weighted by Gasteiger charge is 2.51. The number of hydrogen-bond acceptors (Lipinski definition) is 5. The minimum absolute atomic E-state index is 0.405. The normalized spacial score (nSPS) is 17.3. The van der Waals surface area contributed by atoms with Crippen molar-refractivity contribution >= 4 is 56.4 Å². The predicted molar refractivity (Wildman–Crippen MR) is 140 cm³/mol. The molecular weight excluding hydrogens is 437 g/mol. The lowest BCUT2D eigenvalue weighted by Gasteiger charge is -2.32. The first kappa shape index (κ1) is 20.7. The summed E-state index contributed by atoms with van der Waals surface area (Å²) >= 11 is 0. The zero-order chi connectivity index (χ0) is 23.9. The molecular formula is C29H24BNO4. The van der Waals surface area contributed by atoms with Gasteiger partial charge in [0.05, 0.1) is 11.2 Å². The van der Waals surface area contributed by atoms with Gasteiger partial charge in [0.25, 0.3) is 0 Å². The number of fused-ring (bicyclic) bond motifs is 7. The second-order valence-electron chi connectivity index (χ2n) is 10.3. The third kappa shape index (κ3) is 3.00. The molecule has 7 rings (SSSR count). The van der Waals surface area contributed by atoms with Crippen LogP contribution in [0.3, 0.4) is 0 Å².